The smallest absolute Gasteiger partial charge is 0.161 e. The Balaban J connectivity index is 2.31. The topological polar surface area (TPSA) is 29.5 Å². The molecule has 0 saturated carbocycles. The van der Waals surface area contributed by atoms with Crippen LogP contribution in [0.2, 0.25) is 10.0 Å². The number of hydrogen-bond donors (Lipinski definition) is 0. The zero-order valence-electron chi connectivity index (χ0n) is 11.6. The molecule has 1 saturated heterocycles. The summed E-state index contributed by atoms with van der Waals surface area (Å²) in [4.78, 5) is 14.0. The fourth-order valence-corrected chi connectivity index (χ4v) is 2.80. The Morgan fingerprint density at radius 3 is 2.60 bits per heavy atom. The summed E-state index contributed by atoms with van der Waals surface area (Å²) in [5, 5.41) is 0.922. The monoisotopic (exact) mass is 313 g/mol. The number of ether oxygens (including phenoxy) is 1. The molecule has 0 spiro atoms. The minimum atomic E-state index is 0.184. The van der Waals surface area contributed by atoms with Crippen LogP contribution in [0.25, 0.3) is 6.08 Å². The van der Waals surface area contributed by atoms with E-state index < -0.39 is 0 Å². The number of piperidine rings is 1. The zero-order valence-corrected chi connectivity index (χ0v) is 13.1. The molecule has 1 heterocycles. The van der Waals surface area contributed by atoms with E-state index in [0.717, 1.165) is 17.7 Å². The fourth-order valence-electron chi connectivity index (χ4n) is 2.18. The van der Waals surface area contributed by atoms with Gasteiger partial charge in [-0.25, -0.2) is 0 Å². The Morgan fingerprint density at radius 2 is 2.00 bits per heavy atom. The summed E-state index contributed by atoms with van der Waals surface area (Å²) in [6, 6.07) is 3.54. The lowest BCUT2D eigenvalue weighted by atomic mass is 10.0. The average Bonchev–Trinajstić information content (AvgIpc) is 2.38. The van der Waals surface area contributed by atoms with E-state index in [0.29, 0.717) is 35.4 Å². The lowest BCUT2D eigenvalue weighted by molar-refractivity contribution is -0.117. The van der Waals surface area contributed by atoms with E-state index in [4.69, 9.17) is 27.9 Å². The minimum Gasteiger partial charge on any atom is -0.491 e. The summed E-state index contributed by atoms with van der Waals surface area (Å²) in [6.07, 6.45) is 2.41. The Hall–Kier alpha value is -1.03. The first-order valence-electron chi connectivity index (χ1n) is 6.55. The lowest BCUT2D eigenvalue weighted by Gasteiger charge is -2.23. The van der Waals surface area contributed by atoms with Gasteiger partial charge in [0.1, 0.15) is 0 Å². The molecule has 1 aliphatic heterocycles. The highest BCUT2D eigenvalue weighted by molar-refractivity contribution is 6.37. The van der Waals surface area contributed by atoms with Gasteiger partial charge in [0.25, 0.3) is 0 Å². The molecule has 3 nitrogen and oxygen atoms in total. The molecule has 0 amide bonds. The van der Waals surface area contributed by atoms with E-state index in [1.165, 1.54) is 0 Å². The van der Waals surface area contributed by atoms with E-state index in [1.807, 2.05) is 20.0 Å². The second-order valence-electron chi connectivity index (χ2n) is 4.83. The maximum atomic E-state index is 11.9. The van der Waals surface area contributed by atoms with Crippen molar-refractivity contribution in [2.75, 3.05) is 26.7 Å². The summed E-state index contributed by atoms with van der Waals surface area (Å²) in [6.45, 7) is 3.84. The molecule has 0 unspecified atom stereocenters. The van der Waals surface area contributed by atoms with Crippen LogP contribution in [-0.2, 0) is 4.79 Å². The Bertz CT molecular complexity index is 532. The molecule has 1 aromatic carbocycles. The molecule has 1 aliphatic rings. The van der Waals surface area contributed by atoms with Crippen molar-refractivity contribution in [3.05, 3.63) is 33.3 Å². The van der Waals surface area contributed by atoms with Crippen LogP contribution in [0, 0.1) is 0 Å². The zero-order chi connectivity index (χ0) is 14.7. The van der Waals surface area contributed by atoms with Crippen molar-refractivity contribution in [2.45, 2.75) is 13.3 Å². The van der Waals surface area contributed by atoms with Gasteiger partial charge in [-0.2, -0.15) is 0 Å². The number of likely N-dealkylation sites (N-methyl/N-ethyl adjacent to an activating group) is 1. The number of rotatable bonds is 3. The van der Waals surface area contributed by atoms with Gasteiger partial charge in [0.2, 0.25) is 0 Å². The van der Waals surface area contributed by atoms with Crippen molar-refractivity contribution in [1.29, 1.82) is 0 Å². The maximum absolute atomic E-state index is 11.9. The van der Waals surface area contributed by atoms with Gasteiger partial charge < -0.3 is 9.64 Å². The van der Waals surface area contributed by atoms with Gasteiger partial charge in [0.15, 0.2) is 11.5 Å². The van der Waals surface area contributed by atoms with Crippen molar-refractivity contribution in [2.24, 2.45) is 0 Å². The molecule has 108 valence electrons. The third kappa shape index (κ3) is 3.54. The predicted molar refractivity (Wildman–Crippen MR) is 82.7 cm³/mol. The number of nitrogens with zero attached hydrogens (tertiary/aromatic N) is 1. The van der Waals surface area contributed by atoms with Crippen LogP contribution in [0.15, 0.2) is 17.7 Å². The van der Waals surface area contributed by atoms with Crippen LogP contribution < -0.4 is 4.74 Å². The number of hydrogen-bond acceptors (Lipinski definition) is 3. The summed E-state index contributed by atoms with van der Waals surface area (Å²) >= 11 is 12.3. The summed E-state index contributed by atoms with van der Waals surface area (Å²) in [5.74, 6) is 0.675. The van der Waals surface area contributed by atoms with Crippen LogP contribution in [0.4, 0.5) is 0 Å². The molecule has 20 heavy (non-hydrogen) atoms. The maximum Gasteiger partial charge on any atom is 0.161 e. The Kier molecular flexibility index (Phi) is 5.08. The molecule has 1 fully saturated rings. The number of ketones is 1. The first kappa shape index (κ1) is 15.4. The van der Waals surface area contributed by atoms with Gasteiger partial charge >= 0.3 is 0 Å². The number of likely N-dealkylation sites (tertiary alicyclic amines) is 1. The first-order valence-corrected chi connectivity index (χ1v) is 7.31. The van der Waals surface area contributed by atoms with Crippen molar-refractivity contribution >= 4 is 35.1 Å². The molecular weight excluding hydrogens is 297 g/mol. The molecular formula is C15H17Cl2NO2. The Morgan fingerprint density at radius 1 is 1.35 bits per heavy atom. The van der Waals surface area contributed by atoms with E-state index in [9.17, 15) is 4.79 Å². The number of carbonyl (C=O) groups is 1. The van der Waals surface area contributed by atoms with Crippen molar-refractivity contribution in [3.63, 3.8) is 0 Å². The summed E-state index contributed by atoms with van der Waals surface area (Å²) in [7, 11) is 2.00. The first-order chi connectivity index (χ1) is 9.51. The second-order valence-corrected chi connectivity index (χ2v) is 5.64. The molecule has 1 aromatic rings. The summed E-state index contributed by atoms with van der Waals surface area (Å²) < 4.78 is 5.39. The van der Waals surface area contributed by atoms with Crippen LogP contribution in [0.1, 0.15) is 18.9 Å². The highest BCUT2D eigenvalue weighted by atomic mass is 35.5. The molecule has 0 N–H and O–H groups in total. The van der Waals surface area contributed by atoms with E-state index in [1.54, 1.807) is 12.1 Å². The van der Waals surface area contributed by atoms with Crippen molar-refractivity contribution in [1.82, 2.24) is 4.90 Å². The molecule has 0 radical (unpaired) electrons. The van der Waals surface area contributed by atoms with Crippen LogP contribution in [0.3, 0.4) is 0 Å². The summed E-state index contributed by atoms with van der Waals surface area (Å²) in [5.41, 5.74) is 1.61. The number of halogens is 2. The largest absolute Gasteiger partial charge is 0.491 e. The third-order valence-corrected chi connectivity index (χ3v) is 3.73. The third-order valence-electron chi connectivity index (χ3n) is 3.17. The SMILES string of the molecule is CCOc1c(Cl)cc(/C=C2\CN(C)CCC2=O)cc1Cl. The minimum absolute atomic E-state index is 0.184. The van der Waals surface area contributed by atoms with Gasteiger partial charge in [-0.1, -0.05) is 23.2 Å². The molecule has 0 aromatic heterocycles. The number of carbonyl (C=O) groups excluding carboxylic acids is 1. The molecule has 0 aliphatic carbocycles. The average molecular weight is 314 g/mol. The normalized spacial score (nSPS) is 18.6. The van der Waals surface area contributed by atoms with Gasteiger partial charge in [0, 0.05) is 25.1 Å². The van der Waals surface area contributed by atoms with E-state index in [-0.39, 0.29) is 5.78 Å². The van der Waals surface area contributed by atoms with Crippen LogP contribution in [-0.4, -0.2) is 37.4 Å². The number of Topliss-reactive ketones (excluding diaryl/α,β-unsaturated/α-hetero) is 1. The number of benzene rings is 1. The van der Waals surface area contributed by atoms with Gasteiger partial charge in [0.05, 0.1) is 16.7 Å². The molecule has 0 bridgehead atoms. The highest BCUT2D eigenvalue weighted by Gasteiger charge is 2.19. The standard InChI is InChI=1S/C15H17Cl2NO2/c1-3-20-15-12(16)7-10(8-13(15)17)6-11-9-18(2)5-4-14(11)19/h6-8H,3-5,9H2,1-2H3/b11-6+. The van der Waals surface area contributed by atoms with Gasteiger partial charge in [-0.15, -0.1) is 0 Å². The second kappa shape index (κ2) is 6.61. The predicted octanol–water partition coefficient (Wildman–Crippen LogP) is 3.68. The van der Waals surface area contributed by atoms with Crippen LogP contribution in [0.5, 0.6) is 5.75 Å². The molecule has 5 heteroatoms. The van der Waals surface area contributed by atoms with Crippen LogP contribution >= 0.6 is 23.2 Å². The molecule has 2 rings (SSSR count). The lowest BCUT2D eigenvalue weighted by Crippen LogP contribution is -2.32. The fraction of sp³-hybridized carbons (Fsp3) is 0.400. The molecule has 0 atom stereocenters. The van der Waals surface area contributed by atoms with E-state index >= 15 is 0 Å². The Labute approximate surface area is 129 Å². The van der Waals surface area contributed by atoms with Gasteiger partial charge in [-0.05, 0) is 37.7 Å². The highest BCUT2D eigenvalue weighted by Crippen LogP contribution is 2.35. The van der Waals surface area contributed by atoms with E-state index in [2.05, 4.69) is 4.90 Å². The van der Waals surface area contributed by atoms with Crippen molar-refractivity contribution in [3.8, 4) is 5.75 Å². The quantitative estimate of drug-likeness (QED) is 0.797. The van der Waals surface area contributed by atoms with Gasteiger partial charge in [-0.3, -0.25) is 4.79 Å². The van der Waals surface area contributed by atoms with Crippen molar-refractivity contribution < 1.29 is 9.53 Å².